The standard InChI is InChI=1S/C25H32F4N2O6S2/c26-23(31-19(33)15-39-21-11-5-7-13-37-21,16-30-18(32)14-38-20-10-4-6-12-36-20)25(28,29)24(27,22(34)35)17-8-2-1-3-9-17/h1-3,8-9,20-21H,4-7,10-16H2,(H,30,32)(H,31,33)(H,34,35). The number of carboxylic acid groups (broad SMARTS) is 1. The molecule has 1 aromatic rings. The molecule has 2 heterocycles. The van der Waals surface area contributed by atoms with Crippen molar-refractivity contribution in [3.8, 4) is 0 Å². The fourth-order valence-corrected chi connectivity index (χ4v) is 6.06. The molecule has 14 heteroatoms. The van der Waals surface area contributed by atoms with E-state index in [1.54, 1.807) is 0 Å². The predicted octanol–water partition coefficient (Wildman–Crippen LogP) is 3.99. The number of ether oxygens (including phenoxy) is 2. The Morgan fingerprint density at radius 1 is 0.872 bits per heavy atom. The average molecular weight is 597 g/mol. The quantitative estimate of drug-likeness (QED) is 0.232. The summed E-state index contributed by atoms with van der Waals surface area (Å²) in [6.07, 6.45) is 4.73. The molecule has 0 aliphatic carbocycles. The number of amides is 2. The van der Waals surface area contributed by atoms with Gasteiger partial charge in [0.2, 0.25) is 11.8 Å². The second-order valence-electron chi connectivity index (χ2n) is 9.24. The van der Waals surface area contributed by atoms with Crippen molar-refractivity contribution in [1.29, 1.82) is 0 Å². The lowest BCUT2D eigenvalue weighted by Crippen LogP contribution is -2.70. The van der Waals surface area contributed by atoms with Crippen LogP contribution in [0.1, 0.15) is 44.1 Å². The molecule has 4 unspecified atom stereocenters. The smallest absolute Gasteiger partial charge is 0.352 e. The van der Waals surface area contributed by atoms with Crippen molar-refractivity contribution in [3.63, 3.8) is 0 Å². The summed E-state index contributed by atoms with van der Waals surface area (Å²) in [7, 11) is 0. The van der Waals surface area contributed by atoms with Crippen LogP contribution in [0.5, 0.6) is 0 Å². The van der Waals surface area contributed by atoms with Crippen LogP contribution < -0.4 is 10.6 Å². The number of hydrogen-bond acceptors (Lipinski definition) is 7. The van der Waals surface area contributed by atoms with Gasteiger partial charge in [0.25, 0.3) is 11.5 Å². The van der Waals surface area contributed by atoms with Gasteiger partial charge in [-0.1, -0.05) is 30.3 Å². The van der Waals surface area contributed by atoms with Crippen LogP contribution in [0.15, 0.2) is 30.3 Å². The van der Waals surface area contributed by atoms with Gasteiger partial charge in [-0.25, -0.2) is 13.6 Å². The van der Waals surface area contributed by atoms with Gasteiger partial charge < -0.3 is 25.2 Å². The van der Waals surface area contributed by atoms with Crippen LogP contribution in [0.4, 0.5) is 17.6 Å². The molecular weight excluding hydrogens is 564 g/mol. The summed E-state index contributed by atoms with van der Waals surface area (Å²) in [5.41, 5.74) is -6.30. The zero-order chi connectivity index (χ0) is 28.5. The summed E-state index contributed by atoms with van der Waals surface area (Å²) >= 11 is 2.05. The monoisotopic (exact) mass is 596 g/mol. The Balaban J connectivity index is 1.79. The van der Waals surface area contributed by atoms with Crippen molar-refractivity contribution in [3.05, 3.63) is 35.9 Å². The minimum atomic E-state index is -5.36. The number of thioether (sulfide) groups is 2. The normalized spacial score (nSPS) is 23.2. The second kappa shape index (κ2) is 14.0. The molecule has 2 aliphatic heterocycles. The Morgan fingerprint density at radius 2 is 1.41 bits per heavy atom. The number of benzene rings is 1. The van der Waals surface area contributed by atoms with Crippen molar-refractivity contribution in [2.45, 2.75) is 66.8 Å². The lowest BCUT2D eigenvalue weighted by molar-refractivity contribution is -0.241. The summed E-state index contributed by atoms with van der Waals surface area (Å²) in [6.45, 7) is -0.601. The van der Waals surface area contributed by atoms with Crippen LogP contribution in [-0.2, 0) is 29.5 Å². The van der Waals surface area contributed by atoms with Gasteiger partial charge in [-0.05, 0) is 38.5 Å². The maximum atomic E-state index is 16.2. The van der Waals surface area contributed by atoms with E-state index in [1.807, 2.05) is 5.32 Å². The largest absolute Gasteiger partial charge is 0.478 e. The van der Waals surface area contributed by atoms with Gasteiger partial charge in [-0.3, -0.25) is 9.59 Å². The molecule has 4 atom stereocenters. The molecule has 0 spiro atoms. The molecule has 2 amide bonds. The minimum absolute atomic E-state index is 0.270. The zero-order valence-corrected chi connectivity index (χ0v) is 22.8. The fraction of sp³-hybridized carbons (Fsp3) is 0.640. The topological polar surface area (TPSA) is 114 Å². The number of nitrogens with one attached hydrogen (secondary N) is 2. The van der Waals surface area contributed by atoms with Gasteiger partial charge in [0.1, 0.15) is 10.9 Å². The van der Waals surface area contributed by atoms with Crippen LogP contribution in [-0.4, -0.2) is 76.7 Å². The Labute approximate surface area is 232 Å². The number of carbonyl (C=O) groups is 3. The molecule has 218 valence electrons. The maximum absolute atomic E-state index is 16.2. The van der Waals surface area contributed by atoms with Gasteiger partial charge in [0, 0.05) is 18.8 Å². The van der Waals surface area contributed by atoms with E-state index in [0.29, 0.717) is 26.1 Å². The molecule has 2 aliphatic rings. The molecule has 3 rings (SSSR count). The minimum Gasteiger partial charge on any atom is -0.478 e. The third kappa shape index (κ3) is 7.80. The molecule has 0 radical (unpaired) electrons. The van der Waals surface area contributed by atoms with Crippen molar-refractivity contribution in [1.82, 2.24) is 10.6 Å². The number of rotatable bonds is 13. The number of halogens is 4. The maximum Gasteiger partial charge on any atom is 0.352 e. The summed E-state index contributed by atoms with van der Waals surface area (Å²) in [4.78, 5) is 36.9. The lowest BCUT2D eigenvalue weighted by atomic mass is 9.83. The molecular formula is C25H32F4N2O6S2. The number of carboxylic acids is 1. The van der Waals surface area contributed by atoms with Crippen LogP contribution >= 0.6 is 23.5 Å². The van der Waals surface area contributed by atoms with E-state index in [-0.39, 0.29) is 11.2 Å². The van der Waals surface area contributed by atoms with E-state index in [9.17, 15) is 19.5 Å². The van der Waals surface area contributed by atoms with E-state index >= 15 is 17.6 Å². The predicted molar refractivity (Wildman–Crippen MR) is 139 cm³/mol. The lowest BCUT2D eigenvalue weighted by Gasteiger charge is -2.40. The average Bonchev–Trinajstić information content (AvgIpc) is 2.94. The first-order valence-corrected chi connectivity index (χ1v) is 14.7. The third-order valence-corrected chi connectivity index (χ3v) is 8.68. The van der Waals surface area contributed by atoms with Crippen LogP contribution in [0.2, 0.25) is 0 Å². The first-order chi connectivity index (χ1) is 18.5. The highest BCUT2D eigenvalue weighted by atomic mass is 32.2. The Hall–Kier alpha value is -2.03. The van der Waals surface area contributed by atoms with Gasteiger partial charge in [0.05, 0.1) is 18.1 Å². The first-order valence-electron chi connectivity index (χ1n) is 12.6. The van der Waals surface area contributed by atoms with E-state index in [1.165, 1.54) is 11.4 Å². The molecule has 8 nitrogen and oxygen atoms in total. The van der Waals surface area contributed by atoms with E-state index < -0.39 is 58.5 Å². The van der Waals surface area contributed by atoms with Crippen molar-refractivity contribution >= 4 is 41.3 Å². The number of hydrogen-bond donors (Lipinski definition) is 3. The highest BCUT2D eigenvalue weighted by molar-refractivity contribution is 8.00. The number of carbonyl (C=O) groups excluding carboxylic acids is 2. The second-order valence-corrected chi connectivity index (χ2v) is 11.5. The molecule has 39 heavy (non-hydrogen) atoms. The summed E-state index contributed by atoms with van der Waals surface area (Å²) in [5.74, 6) is -15.2. The first kappa shape index (κ1) is 31.5. The third-order valence-electron chi connectivity index (χ3n) is 6.34. The van der Waals surface area contributed by atoms with Crippen LogP contribution in [0.3, 0.4) is 0 Å². The molecule has 0 saturated carbocycles. The molecule has 3 N–H and O–H groups in total. The zero-order valence-electron chi connectivity index (χ0n) is 21.1. The highest BCUT2D eigenvalue weighted by Gasteiger charge is 2.74. The van der Waals surface area contributed by atoms with Crippen molar-refractivity contribution in [2.24, 2.45) is 0 Å². The molecule has 2 saturated heterocycles. The van der Waals surface area contributed by atoms with Gasteiger partial charge >= 0.3 is 11.9 Å². The Kier molecular flexibility index (Phi) is 11.3. The number of alkyl halides is 4. The van der Waals surface area contributed by atoms with E-state index in [4.69, 9.17) is 9.47 Å². The molecule has 0 bridgehead atoms. The summed E-state index contributed by atoms with van der Waals surface area (Å²) in [6, 6.07) is 5.13. The fourth-order valence-electron chi connectivity index (χ4n) is 4.16. The van der Waals surface area contributed by atoms with Crippen LogP contribution in [0.25, 0.3) is 0 Å². The van der Waals surface area contributed by atoms with Crippen molar-refractivity contribution in [2.75, 3.05) is 31.3 Å². The van der Waals surface area contributed by atoms with Gasteiger partial charge in [-0.15, -0.1) is 23.5 Å². The van der Waals surface area contributed by atoms with Gasteiger partial charge in [-0.2, -0.15) is 8.78 Å². The summed E-state index contributed by atoms with van der Waals surface area (Å²) in [5, 5.41) is 13.0. The van der Waals surface area contributed by atoms with Crippen molar-refractivity contribution < 1.29 is 46.5 Å². The van der Waals surface area contributed by atoms with Gasteiger partial charge in [0.15, 0.2) is 0 Å². The number of aliphatic carboxylic acids is 1. The van der Waals surface area contributed by atoms with Crippen LogP contribution in [0, 0.1) is 0 Å². The Bertz CT molecular complexity index is 983. The molecule has 2 fully saturated rings. The molecule has 1 aromatic carbocycles. The SMILES string of the molecule is O=C(CSC1CCCCO1)NCC(F)(NC(=O)CSC1CCCCO1)C(F)(F)C(F)(C(=O)O)c1ccccc1. The molecule has 0 aromatic heterocycles. The van der Waals surface area contributed by atoms with E-state index in [0.717, 1.165) is 73.5 Å². The Morgan fingerprint density at radius 3 is 1.90 bits per heavy atom. The van der Waals surface area contributed by atoms with E-state index in [2.05, 4.69) is 0 Å². The summed E-state index contributed by atoms with van der Waals surface area (Å²) < 4.78 is 74.6. The highest BCUT2D eigenvalue weighted by Crippen LogP contribution is 2.48.